The first-order chi connectivity index (χ1) is 10.2. The van der Waals surface area contributed by atoms with Crippen molar-refractivity contribution in [2.24, 2.45) is 5.73 Å². The molecule has 2 aromatic carbocycles. The van der Waals surface area contributed by atoms with E-state index in [2.05, 4.69) is 11.0 Å². The van der Waals surface area contributed by atoms with E-state index in [-0.39, 0.29) is 6.04 Å². The largest absolute Gasteiger partial charge is 0.496 e. The van der Waals surface area contributed by atoms with Crippen LogP contribution >= 0.6 is 11.6 Å². The second-order valence-corrected chi connectivity index (χ2v) is 5.41. The fourth-order valence-electron chi connectivity index (χ4n) is 2.49. The lowest BCUT2D eigenvalue weighted by atomic mass is 10.0. The van der Waals surface area contributed by atoms with Gasteiger partial charge in [-0.25, -0.2) is 0 Å². The van der Waals surface area contributed by atoms with Crippen molar-refractivity contribution in [2.75, 3.05) is 20.7 Å². The zero-order valence-electron chi connectivity index (χ0n) is 12.4. The van der Waals surface area contributed by atoms with Crippen molar-refractivity contribution in [3.8, 4) is 5.75 Å². The summed E-state index contributed by atoms with van der Waals surface area (Å²) in [6, 6.07) is 15.9. The zero-order valence-corrected chi connectivity index (χ0v) is 13.2. The summed E-state index contributed by atoms with van der Waals surface area (Å²) >= 11 is 6.24. The molecule has 21 heavy (non-hydrogen) atoms. The van der Waals surface area contributed by atoms with Gasteiger partial charge in [-0.2, -0.15) is 0 Å². The lowest BCUT2D eigenvalue weighted by molar-refractivity contribution is 0.236. The standard InChI is InChI=1S/C17H21ClN2O/c1-20(12-13-7-3-5-9-15(13)18)16(11-19)14-8-4-6-10-17(14)21-2/h3-10,16H,11-12,19H2,1-2H3. The Morgan fingerprint density at radius 3 is 2.48 bits per heavy atom. The Balaban J connectivity index is 2.23. The summed E-state index contributed by atoms with van der Waals surface area (Å²) in [6.45, 7) is 1.25. The van der Waals surface area contributed by atoms with Crippen LogP contribution in [0.15, 0.2) is 48.5 Å². The van der Waals surface area contributed by atoms with E-state index in [9.17, 15) is 0 Å². The zero-order chi connectivity index (χ0) is 15.2. The topological polar surface area (TPSA) is 38.5 Å². The number of benzene rings is 2. The Kier molecular flexibility index (Phi) is 5.62. The van der Waals surface area contributed by atoms with Crippen molar-refractivity contribution in [3.63, 3.8) is 0 Å². The molecule has 0 saturated carbocycles. The van der Waals surface area contributed by atoms with Crippen LogP contribution in [0.1, 0.15) is 17.2 Å². The van der Waals surface area contributed by atoms with Gasteiger partial charge in [0.2, 0.25) is 0 Å². The number of methoxy groups -OCH3 is 1. The predicted octanol–water partition coefficient (Wildman–Crippen LogP) is 3.48. The molecular weight excluding hydrogens is 284 g/mol. The van der Waals surface area contributed by atoms with Gasteiger partial charge in [0.1, 0.15) is 5.75 Å². The van der Waals surface area contributed by atoms with Crippen LogP contribution in [0.2, 0.25) is 5.02 Å². The van der Waals surface area contributed by atoms with E-state index < -0.39 is 0 Å². The summed E-state index contributed by atoms with van der Waals surface area (Å²) in [4.78, 5) is 2.19. The summed E-state index contributed by atoms with van der Waals surface area (Å²) in [7, 11) is 3.73. The fraction of sp³-hybridized carbons (Fsp3) is 0.294. The number of ether oxygens (including phenoxy) is 1. The van der Waals surface area contributed by atoms with Crippen molar-refractivity contribution < 1.29 is 4.74 Å². The summed E-state index contributed by atoms with van der Waals surface area (Å²) < 4.78 is 5.44. The number of halogens is 1. The maximum absolute atomic E-state index is 6.24. The number of nitrogens with zero attached hydrogens (tertiary/aromatic N) is 1. The molecule has 2 rings (SSSR count). The maximum atomic E-state index is 6.24. The third-order valence-corrected chi connectivity index (χ3v) is 4.00. The minimum atomic E-state index is 0.0809. The Bertz CT molecular complexity index is 589. The molecule has 2 aromatic rings. The molecule has 0 aliphatic heterocycles. The fourth-order valence-corrected chi connectivity index (χ4v) is 2.69. The number of nitrogens with two attached hydrogens (primary N) is 1. The molecule has 0 aliphatic rings. The highest BCUT2D eigenvalue weighted by molar-refractivity contribution is 6.31. The number of rotatable bonds is 6. The first-order valence-corrected chi connectivity index (χ1v) is 7.31. The van der Waals surface area contributed by atoms with E-state index in [4.69, 9.17) is 22.1 Å². The van der Waals surface area contributed by atoms with Crippen LogP contribution in [-0.4, -0.2) is 25.6 Å². The molecule has 0 aromatic heterocycles. The van der Waals surface area contributed by atoms with Crippen LogP contribution in [-0.2, 0) is 6.54 Å². The van der Waals surface area contributed by atoms with Gasteiger partial charge in [0, 0.05) is 23.7 Å². The molecule has 0 aliphatic carbocycles. The Labute approximate surface area is 131 Å². The first-order valence-electron chi connectivity index (χ1n) is 6.94. The SMILES string of the molecule is COc1ccccc1C(CN)N(C)Cc1ccccc1Cl. The van der Waals surface area contributed by atoms with E-state index in [0.29, 0.717) is 6.54 Å². The van der Waals surface area contributed by atoms with Crippen molar-refractivity contribution in [1.82, 2.24) is 4.90 Å². The smallest absolute Gasteiger partial charge is 0.123 e. The van der Waals surface area contributed by atoms with Gasteiger partial charge in [-0.05, 0) is 24.7 Å². The first kappa shape index (κ1) is 15.8. The minimum absolute atomic E-state index is 0.0809. The lowest BCUT2D eigenvalue weighted by Gasteiger charge is -2.28. The molecule has 112 valence electrons. The van der Waals surface area contributed by atoms with Gasteiger partial charge in [0.25, 0.3) is 0 Å². The normalized spacial score (nSPS) is 12.4. The Morgan fingerprint density at radius 1 is 1.14 bits per heavy atom. The Hall–Kier alpha value is -1.55. The molecule has 0 radical (unpaired) electrons. The van der Waals surface area contributed by atoms with Gasteiger partial charge in [-0.3, -0.25) is 4.90 Å². The summed E-state index contributed by atoms with van der Waals surface area (Å²) in [5, 5.41) is 0.778. The van der Waals surface area contributed by atoms with E-state index in [0.717, 1.165) is 28.4 Å². The van der Waals surface area contributed by atoms with Gasteiger partial charge in [-0.15, -0.1) is 0 Å². The Morgan fingerprint density at radius 2 is 1.81 bits per heavy atom. The van der Waals surface area contributed by atoms with Gasteiger partial charge < -0.3 is 10.5 Å². The van der Waals surface area contributed by atoms with Gasteiger partial charge in [0.15, 0.2) is 0 Å². The van der Waals surface area contributed by atoms with E-state index in [1.807, 2.05) is 49.5 Å². The van der Waals surface area contributed by atoms with Crippen LogP contribution in [0.5, 0.6) is 5.75 Å². The number of para-hydroxylation sites is 1. The molecule has 0 spiro atoms. The van der Waals surface area contributed by atoms with E-state index >= 15 is 0 Å². The van der Waals surface area contributed by atoms with Crippen LogP contribution < -0.4 is 10.5 Å². The molecule has 2 N–H and O–H groups in total. The van der Waals surface area contributed by atoms with Crippen molar-refractivity contribution >= 4 is 11.6 Å². The summed E-state index contributed by atoms with van der Waals surface area (Å²) in [6.07, 6.45) is 0. The minimum Gasteiger partial charge on any atom is -0.496 e. The number of hydrogen-bond donors (Lipinski definition) is 1. The van der Waals surface area contributed by atoms with E-state index in [1.165, 1.54) is 0 Å². The molecule has 0 heterocycles. The summed E-state index contributed by atoms with van der Waals surface area (Å²) in [5.41, 5.74) is 8.18. The lowest BCUT2D eigenvalue weighted by Crippen LogP contribution is -2.30. The average Bonchev–Trinajstić information content (AvgIpc) is 2.51. The third kappa shape index (κ3) is 3.76. The molecule has 4 heteroatoms. The molecule has 0 bridgehead atoms. The van der Waals surface area contributed by atoms with Gasteiger partial charge in [-0.1, -0.05) is 48.0 Å². The quantitative estimate of drug-likeness (QED) is 0.888. The second kappa shape index (κ2) is 7.46. The van der Waals surface area contributed by atoms with Crippen LogP contribution in [0.4, 0.5) is 0 Å². The van der Waals surface area contributed by atoms with Crippen LogP contribution in [0.3, 0.4) is 0 Å². The molecule has 1 unspecified atom stereocenters. The third-order valence-electron chi connectivity index (χ3n) is 3.63. The molecule has 0 amide bonds. The van der Waals surface area contributed by atoms with E-state index in [1.54, 1.807) is 7.11 Å². The molecule has 1 atom stereocenters. The number of likely N-dealkylation sites (N-methyl/N-ethyl adjacent to an activating group) is 1. The second-order valence-electron chi connectivity index (χ2n) is 5.00. The van der Waals surface area contributed by atoms with Crippen molar-refractivity contribution in [3.05, 3.63) is 64.7 Å². The molecule has 0 fully saturated rings. The van der Waals surface area contributed by atoms with Gasteiger partial charge >= 0.3 is 0 Å². The predicted molar refractivity (Wildman–Crippen MR) is 87.7 cm³/mol. The van der Waals surface area contributed by atoms with Crippen LogP contribution in [0.25, 0.3) is 0 Å². The van der Waals surface area contributed by atoms with Crippen molar-refractivity contribution in [2.45, 2.75) is 12.6 Å². The molecular formula is C17H21ClN2O. The number of hydrogen-bond acceptors (Lipinski definition) is 3. The highest BCUT2D eigenvalue weighted by Gasteiger charge is 2.19. The highest BCUT2D eigenvalue weighted by atomic mass is 35.5. The maximum Gasteiger partial charge on any atom is 0.123 e. The monoisotopic (exact) mass is 304 g/mol. The molecule has 0 saturated heterocycles. The summed E-state index contributed by atoms with van der Waals surface area (Å²) in [5.74, 6) is 0.860. The molecule has 3 nitrogen and oxygen atoms in total. The van der Waals surface area contributed by atoms with Crippen molar-refractivity contribution in [1.29, 1.82) is 0 Å². The highest BCUT2D eigenvalue weighted by Crippen LogP contribution is 2.29. The van der Waals surface area contributed by atoms with Gasteiger partial charge in [0.05, 0.1) is 13.2 Å². The van der Waals surface area contributed by atoms with Crippen LogP contribution in [0, 0.1) is 0 Å². The average molecular weight is 305 g/mol.